The summed E-state index contributed by atoms with van der Waals surface area (Å²) in [5.41, 5.74) is 0.187. The fraction of sp³-hybridized carbons (Fsp3) is 0.467. The third kappa shape index (κ3) is 5.40. The second-order valence-electron chi connectivity index (χ2n) is 5.05. The fourth-order valence-corrected chi connectivity index (χ4v) is 2.06. The molecule has 0 radical (unpaired) electrons. The third-order valence-corrected chi connectivity index (χ3v) is 3.23. The molecule has 1 rings (SSSR count). The largest absolute Gasteiger partial charge is 0.338 e. The van der Waals surface area contributed by atoms with Crippen molar-refractivity contribution in [1.82, 2.24) is 4.90 Å². The van der Waals surface area contributed by atoms with Gasteiger partial charge in [0.15, 0.2) is 24.7 Å². The highest BCUT2D eigenvalue weighted by Crippen LogP contribution is 2.12. The van der Waals surface area contributed by atoms with Crippen LogP contribution in [0.4, 0.5) is 14.5 Å². The molecule has 7 heteroatoms. The van der Waals surface area contributed by atoms with Gasteiger partial charge in [0.1, 0.15) is 0 Å². The van der Waals surface area contributed by atoms with E-state index in [1.165, 1.54) is 6.07 Å². The number of nitrogens with one attached hydrogen (secondary N) is 2. The summed E-state index contributed by atoms with van der Waals surface area (Å²) in [6.07, 6.45) is 0. The zero-order chi connectivity index (χ0) is 16.7. The van der Waals surface area contributed by atoms with E-state index in [2.05, 4.69) is 5.32 Å². The van der Waals surface area contributed by atoms with Crippen molar-refractivity contribution in [1.29, 1.82) is 0 Å². The van der Waals surface area contributed by atoms with Gasteiger partial charge in [0.2, 0.25) is 0 Å². The van der Waals surface area contributed by atoms with Gasteiger partial charge in [0.05, 0.1) is 7.05 Å². The minimum absolute atomic E-state index is 0.0249. The number of benzene rings is 1. The summed E-state index contributed by atoms with van der Waals surface area (Å²) < 4.78 is 25.8. The highest BCUT2D eigenvalue weighted by molar-refractivity contribution is 5.91. The maximum Gasteiger partial charge on any atom is 0.279 e. The van der Waals surface area contributed by atoms with Gasteiger partial charge in [-0.2, -0.15) is 0 Å². The average Bonchev–Trinajstić information content (AvgIpc) is 2.43. The Kier molecular flexibility index (Phi) is 6.91. The van der Waals surface area contributed by atoms with Gasteiger partial charge in [-0.25, -0.2) is 8.78 Å². The molecule has 2 N–H and O–H groups in total. The van der Waals surface area contributed by atoms with E-state index in [9.17, 15) is 18.4 Å². The Bertz CT molecular complexity index is 534. The molecule has 22 heavy (non-hydrogen) atoms. The van der Waals surface area contributed by atoms with Crippen molar-refractivity contribution < 1.29 is 23.3 Å². The van der Waals surface area contributed by atoms with Gasteiger partial charge < -0.3 is 15.1 Å². The van der Waals surface area contributed by atoms with Gasteiger partial charge in [-0.3, -0.25) is 9.59 Å². The Labute approximate surface area is 128 Å². The summed E-state index contributed by atoms with van der Waals surface area (Å²) in [7, 11) is 1.73. The molecule has 122 valence electrons. The molecule has 0 aliphatic rings. The summed E-state index contributed by atoms with van der Waals surface area (Å²) in [5.74, 6) is -2.38. The lowest BCUT2D eigenvalue weighted by Gasteiger charge is -2.20. The number of hydrogen-bond donors (Lipinski definition) is 2. The Hall–Kier alpha value is -2.02. The first-order valence-corrected chi connectivity index (χ1v) is 7.21. The van der Waals surface area contributed by atoms with Gasteiger partial charge in [0, 0.05) is 24.8 Å². The molecule has 0 aromatic heterocycles. The number of anilines is 1. The van der Waals surface area contributed by atoms with E-state index in [0.717, 1.165) is 17.0 Å². The lowest BCUT2D eigenvalue weighted by Crippen LogP contribution is -3.11. The first-order chi connectivity index (χ1) is 10.4. The van der Waals surface area contributed by atoms with Crippen molar-refractivity contribution in [2.75, 3.05) is 38.5 Å². The molecule has 1 aromatic carbocycles. The normalized spacial score (nSPS) is 11.9. The molecule has 0 spiro atoms. The lowest BCUT2D eigenvalue weighted by molar-refractivity contribution is -0.862. The first-order valence-electron chi connectivity index (χ1n) is 7.21. The van der Waals surface area contributed by atoms with Crippen LogP contribution >= 0.6 is 0 Å². The zero-order valence-electron chi connectivity index (χ0n) is 13.1. The van der Waals surface area contributed by atoms with Crippen molar-refractivity contribution in [2.45, 2.75) is 13.8 Å². The molecule has 0 aliphatic heterocycles. The molecule has 1 unspecified atom stereocenters. The van der Waals surface area contributed by atoms with E-state index in [0.29, 0.717) is 13.1 Å². The quantitative estimate of drug-likeness (QED) is 0.760. The van der Waals surface area contributed by atoms with Crippen LogP contribution in [0.1, 0.15) is 13.8 Å². The molecule has 0 heterocycles. The van der Waals surface area contributed by atoms with Gasteiger partial charge in [-0.05, 0) is 26.0 Å². The number of hydrogen-bond acceptors (Lipinski definition) is 2. The number of amides is 2. The van der Waals surface area contributed by atoms with Crippen LogP contribution < -0.4 is 10.2 Å². The van der Waals surface area contributed by atoms with E-state index >= 15 is 0 Å². The van der Waals surface area contributed by atoms with E-state index < -0.39 is 11.6 Å². The van der Waals surface area contributed by atoms with Crippen LogP contribution in [0.15, 0.2) is 18.2 Å². The molecule has 1 atom stereocenters. The summed E-state index contributed by atoms with van der Waals surface area (Å²) in [6.45, 7) is 5.31. The van der Waals surface area contributed by atoms with Crippen LogP contribution in [0, 0.1) is 11.6 Å². The standard InChI is InChI=1S/C15H21F2N3O2/c1-4-20(5-2)15(22)10-19(3)9-14(21)18-11-6-7-12(16)13(17)8-11/h6-8H,4-5,9-10H2,1-3H3,(H,18,21)/p+1. The highest BCUT2D eigenvalue weighted by Gasteiger charge is 2.18. The predicted molar refractivity (Wildman–Crippen MR) is 79.5 cm³/mol. The molecule has 0 fully saturated rings. The first kappa shape index (κ1) is 18.0. The Morgan fingerprint density at radius 1 is 1.14 bits per heavy atom. The number of carbonyl (C=O) groups excluding carboxylic acids is 2. The number of likely N-dealkylation sites (N-methyl/N-ethyl adjacent to an activating group) is 2. The van der Waals surface area contributed by atoms with Crippen LogP contribution in [0.3, 0.4) is 0 Å². The van der Waals surface area contributed by atoms with Gasteiger partial charge in [0.25, 0.3) is 11.8 Å². The van der Waals surface area contributed by atoms with Gasteiger partial charge in [-0.1, -0.05) is 0 Å². The zero-order valence-corrected chi connectivity index (χ0v) is 13.1. The SMILES string of the molecule is CCN(CC)C(=O)C[NH+](C)CC(=O)Nc1ccc(F)c(F)c1. The smallest absolute Gasteiger partial charge is 0.279 e. The van der Waals surface area contributed by atoms with E-state index in [1.54, 1.807) is 11.9 Å². The Morgan fingerprint density at radius 2 is 1.77 bits per heavy atom. The van der Waals surface area contributed by atoms with Crippen LogP contribution in [0.2, 0.25) is 0 Å². The summed E-state index contributed by atoms with van der Waals surface area (Å²) in [4.78, 5) is 26.2. The van der Waals surface area contributed by atoms with Crippen molar-refractivity contribution in [3.63, 3.8) is 0 Å². The number of rotatable bonds is 7. The second-order valence-corrected chi connectivity index (χ2v) is 5.05. The van der Waals surface area contributed by atoms with Crippen LogP contribution in [-0.2, 0) is 9.59 Å². The summed E-state index contributed by atoms with van der Waals surface area (Å²) >= 11 is 0. The average molecular weight is 314 g/mol. The summed E-state index contributed by atoms with van der Waals surface area (Å²) in [5, 5.41) is 2.48. The molecule has 5 nitrogen and oxygen atoms in total. The molecule has 2 amide bonds. The van der Waals surface area contributed by atoms with Crippen molar-refractivity contribution in [2.24, 2.45) is 0 Å². The predicted octanol–water partition coefficient (Wildman–Crippen LogP) is 0.286. The summed E-state index contributed by atoms with van der Waals surface area (Å²) in [6, 6.07) is 3.15. The van der Waals surface area contributed by atoms with E-state index in [4.69, 9.17) is 0 Å². The number of nitrogens with zero attached hydrogens (tertiary/aromatic N) is 1. The van der Waals surface area contributed by atoms with Crippen LogP contribution in [0.25, 0.3) is 0 Å². The van der Waals surface area contributed by atoms with Crippen molar-refractivity contribution in [3.05, 3.63) is 29.8 Å². The Morgan fingerprint density at radius 3 is 2.32 bits per heavy atom. The molecular formula is C15H22F2N3O2+. The van der Waals surface area contributed by atoms with Crippen LogP contribution in [0.5, 0.6) is 0 Å². The highest BCUT2D eigenvalue weighted by atomic mass is 19.2. The molecule has 0 aliphatic carbocycles. The number of halogens is 2. The minimum Gasteiger partial charge on any atom is -0.338 e. The van der Waals surface area contributed by atoms with Gasteiger partial charge in [-0.15, -0.1) is 0 Å². The second kappa shape index (κ2) is 8.43. The van der Waals surface area contributed by atoms with E-state index in [1.807, 2.05) is 13.8 Å². The third-order valence-electron chi connectivity index (χ3n) is 3.23. The lowest BCUT2D eigenvalue weighted by atomic mass is 10.3. The molecular weight excluding hydrogens is 292 g/mol. The van der Waals surface area contributed by atoms with Crippen LogP contribution in [-0.4, -0.2) is 49.9 Å². The Balaban J connectivity index is 2.50. The molecule has 0 saturated heterocycles. The molecule has 0 saturated carbocycles. The maximum atomic E-state index is 13.0. The number of quaternary nitrogens is 1. The maximum absolute atomic E-state index is 13.0. The fourth-order valence-electron chi connectivity index (χ4n) is 2.06. The van der Waals surface area contributed by atoms with Crippen molar-refractivity contribution >= 4 is 17.5 Å². The molecule has 0 bridgehead atoms. The minimum atomic E-state index is -1.02. The topological polar surface area (TPSA) is 53.9 Å². The number of carbonyl (C=O) groups is 2. The van der Waals surface area contributed by atoms with E-state index in [-0.39, 0.29) is 30.6 Å². The van der Waals surface area contributed by atoms with Crippen molar-refractivity contribution in [3.8, 4) is 0 Å². The van der Waals surface area contributed by atoms with Gasteiger partial charge >= 0.3 is 0 Å². The monoisotopic (exact) mass is 314 g/mol. The molecule has 1 aromatic rings.